The quantitative estimate of drug-likeness (QED) is 0.704. The Hall–Kier alpha value is -1.47. The van der Waals surface area contributed by atoms with E-state index in [1.165, 1.54) is 16.7 Å². The number of para-hydroxylation sites is 1. The van der Waals surface area contributed by atoms with E-state index in [2.05, 4.69) is 43.3 Å². The van der Waals surface area contributed by atoms with Gasteiger partial charge in [-0.3, -0.25) is 0 Å². The molecule has 0 aliphatic carbocycles. The van der Waals surface area contributed by atoms with Gasteiger partial charge in [-0.15, -0.1) is 11.6 Å². The zero-order chi connectivity index (χ0) is 14.4. The first-order valence-electron chi connectivity index (χ1n) is 6.96. The number of ether oxygens (including phenoxy) is 1. The lowest BCUT2D eigenvalue weighted by Crippen LogP contribution is -2.11. The SMILES string of the molecule is COc1ccccc1CC(CCl)Cc1ccc(C)cc1. The maximum absolute atomic E-state index is 6.15. The van der Waals surface area contributed by atoms with Gasteiger partial charge in [0.1, 0.15) is 5.75 Å². The van der Waals surface area contributed by atoms with E-state index in [0.717, 1.165) is 18.6 Å². The fraction of sp³-hybridized carbons (Fsp3) is 0.333. The molecule has 0 radical (unpaired) electrons. The van der Waals surface area contributed by atoms with Crippen LogP contribution in [0.15, 0.2) is 48.5 Å². The maximum Gasteiger partial charge on any atom is 0.122 e. The highest BCUT2D eigenvalue weighted by atomic mass is 35.5. The molecule has 2 aromatic carbocycles. The van der Waals surface area contributed by atoms with Crippen molar-refractivity contribution < 1.29 is 4.74 Å². The summed E-state index contributed by atoms with van der Waals surface area (Å²) < 4.78 is 5.41. The second kappa shape index (κ2) is 7.35. The minimum Gasteiger partial charge on any atom is -0.496 e. The second-order valence-electron chi connectivity index (χ2n) is 5.23. The predicted molar refractivity (Wildman–Crippen MR) is 85.8 cm³/mol. The number of alkyl halides is 1. The summed E-state index contributed by atoms with van der Waals surface area (Å²) in [6.07, 6.45) is 1.95. The van der Waals surface area contributed by atoms with Crippen LogP contribution in [0.1, 0.15) is 16.7 Å². The zero-order valence-electron chi connectivity index (χ0n) is 12.1. The van der Waals surface area contributed by atoms with Crippen LogP contribution in [-0.4, -0.2) is 13.0 Å². The topological polar surface area (TPSA) is 9.23 Å². The summed E-state index contributed by atoms with van der Waals surface area (Å²) in [4.78, 5) is 0. The van der Waals surface area contributed by atoms with Gasteiger partial charge in [-0.25, -0.2) is 0 Å². The largest absolute Gasteiger partial charge is 0.496 e. The van der Waals surface area contributed by atoms with Gasteiger partial charge in [0.05, 0.1) is 7.11 Å². The van der Waals surface area contributed by atoms with Crippen LogP contribution in [0.3, 0.4) is 0 Å². The van der Waals surface area contributed by atoms with Crippen LogP contribution in [0.5, 0.6) is 5.75 Å². The molecule has 0 bridgehead atoms. The molecule has 0 saturated carbocycles. The number of halogens is 1. The molecule has 2 heteroatoms. The van der Waals surface area contributed by atoms with Crippen molar-refractivity contribution in [2.45, 2.75) is 19.8 Å². The first-order chi connectivity index (χ1) is 9.72. The summed E-state index contributed by atoms with van der Waals surface area (Å²) in [5, 5.41) is 0. The number of methoxy groups -OCH3 is 1. The van der Waals surface area contributed by atoms with E-state index in [9.17, 15) is 0 Å². The summed E-state index contributed by atoms with van der Waals surface area (Å²) in [6, 6.07) is 16.9. The van der Waals surface area contributed by atoms with Crippen LogP contribution in [-0.2, 0) is 12.8 Å². The van der Waals surface area contributed by atoms with Crippen LogP contribution in [0.2, 0.25) is 0 Å². The zero-order valence-corrected chi connectivity index (χ0v) is 12.9. The van der Waals surface area contributed by atoms with Crippen molar-refractivity contribution in [1.29, 1.82) is 0 Å². The molecule has 0 saturated heterocycles. The fourth-order valence-electron chi connectivity index (χ4n) is 2.42. The van der Waals surface area contributed by atoms with Gasteiger partial charge in [-0.1, -0.05) is 48.0 Å². The number of aryl methyl sites for hydroxylation is 1. The Labute approximate surface area is 126 Å². The summed E-state index contributed by atoms with van der Waals surface area (Å²) >= 11 is 6.15. The average molecular weight is 289 g/mol. The Bertz CT molecular complexity index is 533. The predicted octanol–water partition coefficient (Wildman–Crippen LogP) is 4.64. The minimum atomic E-state index is 0.427. The van der Waals surface area contributed by atoms with Gasteiger partial charge in [0.2, 0.25) is 0 Å². The normalized spacial score (nSPS) is 12.2. The number of hydrogen-bond donors (Lipinski definition) is 0. The van der Waals surface area contributed by atoms with Gasteiger partial charge < -0.3 is 4.74 Å². The highest BCUT2D eigenvalue weighted by molar-refractivity contribution is 6.18. The molecule has 0 amide bonds. The fourth-order valence-corrected chi connectivity index (χ4v) is 2.64. The number of benzene rings is 2. The molecule has 1 unspecified atom stereocenters. The van der Waals surface area contributed by atoms with Crippen molar-refractivity contribution in [3.63, 3.8) is 0 Å². The smallest absolute Gasteiger partial charge is 0.122 e. The van der Waals surface area contributed by atoms with Crippen LogP contribution in [0.25, 0.3) is 0 Å². The summed E-state index contributed by atoms with van der Waals surface area (Å²) in [6.45, 7) is 2.11. The van der Waals surface area contributed by atoms with E-state index >= 15 is 0 Å². The summed E-state index contributed by atoms with van der Waals surface area (Å²) in [5.41, 5.74) is 3.87. The monoisotopic (exact) mass is 288 g/mol. The molecule has 0 aliphatic heterocycles. The molecule has 0 heterocycles. The number of hydrogen-bond acceptors (Lipinski definition) is 1. The molecule has 2 rings (SSSR count). The lowest BCUT2D eigenvalue weighted by molar-refractivity contribution is 0.405. The van der Waals surface area contributed by atoms with E-state index in [-0.39, 0.29) is 0 Å². The molecule has 0 fully saturated rings. The molecular formula is C18H21ClO. The van der Waals surface area contributed by atoms with Crippen molar-refractivity contribution >= 4 is 11.6 Å². The molecule has 1 atom stereocenters. The molecule has 2 aromatic rings. The Balaban J connectivity index is 2.07. The molecular weight excluding hydrogens is 268 g/mol. The summed E-state index contributed by atoms with van der Waals surface area (Å²) in [5.74, 6) is 2.04. The second-order valence-corrected chi connectivity index (χ2v) is 5.53. The molecule has 106 valence electrons. The third-order valence-electron chi connectivity index (χ3n) is 3.56. The first kappa shape index (κ1) is 14.9. The van der Waals surface area contributed by atoms with E-state index in [4.69, 9.17) is 16.3 Å². The van der Waals surface area contributed by atoms with Gasteiger partial charge in [0.25, 0.3) is 0 Å². The Morgan fingerprint density at radius 3 is 2.35 bits per heavy atom. The van der Waals surface area contributed by atoms with Gasteiger partial charge in [-0.05, 0) is 42.9 Å². The molecule has 0 aromatic heterocycles. The van der Waals surface area contributed by atoms with Crippen LogP contribution in [0, 0.1) is 12.8 Å². The Morgan fingerprint density at radius 2 is 1.70 bits per heavy atom. The molecule has 1 nitrogen and oxygen atoms in total. The molecule has 0 N–H and O–H groups in total. The van der Waals surface area contributed by atoms with E-state index in [1.54, 1.807) is 7.11 Å². The van der Waals surface area contributed by atoms with Crippen LogP contribution < -0.4 is 4.74 Å². The molecule has 0 spiro atoms. The lowest BCUT2D eigenvalue weighted by Gasteiger charge is -2.16. The molecule has 0 aliphatic rings. The van der Waals surface area contributed by atoms with Gasteiger partial charge in [0, 0.05) is 5.88 Å². The van der Waals surface area contributed by atoms with E-state index in [1.807, 2.05) is 12.1 Å². The van der Waals surface area contributed by atoms with Gasteiger partial charge >= 0.3 is 0 Å². The van der Waals surface area contributed by atoms with Crippen LogP contribution in [0.4, 0.5) is 0 Å². The van der Waals surface area contributed by atoms with Gasteiger partial charge in [-0.2, -0.15) is 0 Å². The van der Waals surface area contributed by atoms with Crippen LogP contribution >= 0.6 is 11.6 Å². The number of rotatable bonds is 6. The van der Waals surface area contributed by atoms with Crippen molar-refractivity contribution in [2.75, 3.05) is 13.0 Å². The van der Waals surface area contributed by atoms with E-state index in [0.29, 0.717) is 11.8 Å². The highest BCUT2D eigenvalue weighted by Gasteiger charge is 2.12. The minimum absolute atomic E-state index is 0.427. The standard InChI is InChI=1S/C18H21ClO/c1-14-7-9-15(10-8-14)11-16(13-19)12-17-5-3-4-6-18(17)20-2/h3-10,16H,11-13H2,1-2H3. The van der Waals surface area contributed by atoms with Crippen molar-refractivity contribution in [1.82, 2.24) is 0 Å². The highest BCUT2D eigenvalue weighted by Crippen LogP contribution is 2.23. The Morgan fingerprint density at radius 1 is 1.00 bits per heavy atom. The van der Waals surface area contributed by atoms with Gasteiger partial charge in [0.15, 0.2) is 0 Å². The lowest BCUT2D eigenvalue weighted by atomic mass is 9.93. The Kier molecular flexibility index (Phi) is 5.49. The van der Waals surface area contributed by atoms with Crippen molar-refractivity contribution in [2.24, 2.45) is 5.92 Å². The van der Waals surface area contributed by atoms with Crippen molar-refractivity contribution in [3.8, 4) is 5.75 Å². The third kappa shape index (κ3) is 4.01. The average Bonchev–Trinajstić information content (AvgIpc) is 2.49. The van der Waals surface area contributed by atoms with Crippen molar-refractivity contribution in [3.05, 3.63) is 65.2 Å². The summed E-state index contributed by atoms with van der Waals surface area (Å²) in [7, 11) is 1.72. The molecule has 20 heavy (non-hydrogen) atoms. The third-order valence-corrected chi connectivity index (χ3v) is 4.00. The maximum atomic E-state index is 6.15. The van der Waals surface area contributed by atoms with E-state index < -0.39 is 0 Å². The first-order valence-corrected chi connectivity index (χ1v) is 7.49.